The molecule has 5 rings (SSSR count). The first-order valence-electron chi connectivity index (χ1n) is 17.8. The van der Waals surface area contributed by atoms with Crippen LogP contribution in [0.2, 0.25) is 0 Å². The van der Waals surface area contributed by atoms with Gasteiger partial charge in [0.2, 0.25) is 17.7 Å². The van der Waals surface area contributed by atoms with Gasteiger partial charge in [0.05, 0.1) is 6.61 Å². The number of nitrogens with zero attached hydrogens (tertiary/aromatic N) is 3. The molecular weight excluding hydrogens is 614 g/mol. The van der Waals surface area contributed by atoms with E-state index in [4.69, 9.17) is 4.74 Å². The van der Waals surface area contributed by atoms with Crippen LogP contribution in [-0.2, 0) is 32.0 Å². The highest BCUT2D eigenvalue weighted by Crippen LogP contribution is 2.22. The summed E-state index contributed by atoms with van der Waals surface area (Å²) in [5.74, 6) is -0.741. The maximum atomic E-state index is 14.5. The molecule has 4 unspecified atom stereocenters. The first kappa shape index (κ1) is 36.2. The van der Waals surface area contributed by atoms with E-state index in [1.807, 2.05) is 72.8 Å². The second kappa shape index (κ2) is 18.1. The van der Waals surface area contributed by atoms with Crippen LogP contribution in [0.25, 0.3) is 11.1 Å². The number of hydrogen-bond donors (Lipinski definition) is 2. The first-order valence-corrected chi connectivity index (χ1v) is 17.8. The summed E-state index contributed by atoms with van der Waals surface area (Å²) in [4.78, 5) is 47.3. The molecule has 0 spiro atoms. The van der Waals surface area contributed by atoms with E-state index in [1.165, 1.54) is 11.3 Å². The van der Waals surface area contributed by atoms with E-state index in [9.17, 15) is 14.4 Å². The molecule has 9 nitrogen and oxygen atoms in total. The Hall–Kier alpha value is -4.05. The molecular formula is C40H53N5O4. The van der Waals surface area contributed by atoms with Gasteiger partial charge in [0.15, 0.2) is 0 Å². The molecule has 0 bridgehead atoms. The highest BCUT2D eigenvalue weighted by Gasteiger charge is 2.35. The molecule has 2 aliphatic rings. The van der Waals surface area contributed by atoms with Gasteiger partial charge in [-0.15, -0.1) is 0 Å². The molecule has 2 N–H and O–H groups in total. The Morgan fingerprint density at radius 2 is 1.49 bits per heavy atom. The molecule has 0 saturated carbocycles. The summed E-state index contributed by atoms with van der Waals surface area (Å²) in [5.41, 5.74) is 4.07. The third kappa shape index (κ3) is 10.2. The average Bonchev–Trinajstić information content (AvgIpc) is 3.81. The van der Waals surface area contributed by atoms with Gasteiger partial charge < -0.3 is 30.1 Å². The van der Waals surface area contributed by atoms with Crippen molar-refractivity contribution >= 4 is 17.7 Å². The summed E-state index contributed by atoms with van der Waals surface area (Å²) >= 11 is 0. The number of carbonyl (C=O) groups is 3. The third-order valence-corrected chi connectivity index (χ3v) is 10.2. The lowest BCUT2D eigenvalue weighted by atomic mass is 9.98. The molecule has 3 amide bonds. The van der Waals surface area contributed by atoms with Crippen molar-refractivity contribution in [1.82, 2.24) is 25.3 Å². The van der Waals surface area contributed by atoms with E-state index < -0.39 is 12.1 Å². The van der Waals surface area contributed by atoms with Crippen LogP contribution >= 0.6 is 0 Å². The van der Waals surface area contributed by atoms with Crippen molar-refractivity contribution in [2.45, 2.75) is 69.1 Å². The van der Waals surface area contributed by atoms with Gasteiger partial charge in [0.25, 0.3) is 0 Å². The number of nitrogens with one attached hydrogen (secondary N) is 2. The van der Waals surface area contributed by atoms with Gasteiger partial charge in [-0.2, -0.15) is 0 Å². The number of likely N-dealkylation sites (tertiary alicyclic amines) is 1. The normalized spacial score (nSPS) is 18.9. The minimum Gasteiger partial charge on any atom is -0.370 e. The quantitative estimate of drug-likeness (QED) is 0.239. The molecule has 0 radical (unpaired) electrons. The first-order chi connectivity index (χ1) is 23.8. The summed E-state index contributed by atoms with van der Waals surface area (Å²) < 4.78 is 5.82. The minimum atomic E-state index is -0.827. The fraction of sp³-hybridized carbons (Fsp3) is 0.475. The highest BCUT2D eigenvalue weighted by molar-refractivity contribution is 5.92. The predicted octanol–water partition coefficient (Wildman–Crippen LogP) is 4.16. The van der Waals surface area contributed by atoms with Crippen molar-refractivity contribution in [3.63, 3.8) is 0 Å². The van der Waals surface area contributed by atoms with Crippen LogP contribution in [-0.4, -0.2) is 111 Å². The van der Waals surface area contributed by atoms with Gasteiger partial charge in [0, 0.05) is 45.6 Å². The number of ether oxygens (including phenoxy) is 1. The maximum absolute atomic E-state index is 14.5. The lowest BCUT2D eigenvalue weighted by molar-refractivity contribution is -0.149. The smallest absolute Gasteiger partial charge is 0.249 e. The van der Waals surface area contributed by atoms with Gasteiger partial charge in [-0.25, -0.2) is 0 Å². The fourth-order valence-electron chi connectivity index (χ4n) is 7.00. The molecule has 49 heavy (non-hydrogen) atoms. The van der Waals surface area contributed by atoms with Crippen LogP contribution in [0.4, 0.5) is 0 Å². The molecule has 2 saturated heterocycles. The van der Waals surface area contributed by atoms with Gasteiger partial charge >= 0.3 is 0 Å². The number of carbonyl (C=O) groups excluding carboxylic acids is 3. The third-order valence-electron chi connectivity index (χ3n) is 10.2. The average molecular weight is 668 g/mol. The summed E-state index contributed by atoms with van der Waals surface area (Å²) in [5, 5.41) is 6.53. The van der Waals surface area contributed by atoms with Crippen molar-refractivity contribution < 1.29 is 19.1 Å². The molecule has 262 valence electrons. The SMILES string of the molecule is CN1CCCC1CCNC(=O)C(Cc1ccccc1)N(C)C(=O)C(Cc1ccc(-c2ccccc2)cc1)N(C)C(=O)COCC1CCCN1. The molecule has 2 fully saturated rings. The van der Waals surface area contributed by atoms with Crippen LogP contribution in [0, 0.1) is 0 Å². The maximum Gasteiger partial charge on any atom is 0.249 e. The zero-order chi connectivity index (χ0) is 34.6. The Morgan fingerprint density at radius 1 is 0.837 bits per heavy atom. The summed E-state index contributed by atoms with van der Waals surface area (Å²) in [6.07, 6.45) is 5.97. The Bertz CT molecular complexity index is 1480. The van der Waals surface area contributed by atoms with Crippen molar-refractivity contribution in [2.75, 3.05) is 54.0 Å². The molecule has 2 heterocycles. The lowest BCUT2D eigenvalue weighted by Crippen LogP contribution is -2.56. The molecule has 2 aliphatic heterocycles. The van der Waals surface area contributed by atoms with Gasteiger partial charge in [-0.05, 0) is 74.5 Å². The van der Waals surface area contributed by atoms with Crippen LogP contribution in [0.15, 0.2) is 84.9 Å². The van der Waals surface area contributed by atoms with E-state index in [0.29, 0.717) is 32.0 Å². The second-order valence-electron chi connectivity index (χ2n) is 13.6. The van der Waals surface area contributed by atoms with Crippen LogP contribution < -0.4 is 10.6 Å². The molecule has 0 aliphatic carbocycles. The molecule has 4 atom stereocenters. The Balaban J connectivity index is 1.33. The van der Waals surface area contributed by atoms with E-state index in [2.05, 4.69) is 34.7 Å². The van der Waals surface area contributed by atoms with Gasteiger partial charge in [0.1, 0.15) is 18.7 Å². The summed E-state index contributed by atoms with van der Waals surface area (Å²) in [6, 6.07) is 27.2. The Labute approximate surface area is 292 Å². The molecule has 9 heteroatoms. The van der Waals surface area contributed by atoms with Crippen LogP contribution in [0.1, 0.15) is 43.2 Å². The molecule has 3 aromatic carbocycles. The van der Waals surface area contributed by atoms with Crippen molar-refractivity contribution in [1.29, 1.82) is 0 Å². The molecule has 0 aromatic heterocycles. The fourth-order valence-corrected chi connectivity index (χ4v) is 7.00. The monoisotopic (exact) mass is 667 g/mol. The number of rotatable bonds is 16. The van der Waals surface area contributed by atoms with Crippen molar-refractivity contribution in [2.24, 2.45) is 0 Å². The van der Waals surface area contributed by atoms with E-state index in [1.54, 1.807) is 19.0 Å². The lowest BCUT2D eigenvalue weighted by Gasteiger charge is -2.35. The number of benzene rings is 3. The number of amides is 3. The summed E-state index contributed by atoms with van der Waals surface area (Å²) in [7, 11) is 5.49. The zero-order valence-corrected chi connectivity index (χ0v) is 29.4. The van der Waals surface area contributed by atoms with Crippen LogP contribution in [0.3, 0.4) is 0 Å². The Kier molecular flexibility index (Phi) is 13.4. The largest absolute Gasteiger partial charge is 0.370 e. The van der Waals surface area contributed by atoms with Gasteiger partial charge in [-0.1, -0.05) is 84.9 Å². The highest BCUT2D eigenvalue weighted by atomic mass is 16.5. The number of hydrogen-bond acceptors (Lipinski definition) is 6. The van der Waals surface area contributed by atoms with Crippen molar-refractivity contribution in [3.05, 3.63) is 96.1 Å². The van der Waals surface area contributed by atoms with Crippen molar-refractivity contribution in [3.8, 4) is 11.1 Å². The topological polar surface area (TPSA) is 94.2 Å². The molecule has 3 aromatic rings. The predicted molar refractivity (Wildman–Crippen MR) is 194 cm³/mol. The standard InChI is InChI=1S/C40H53N5O4/c1-43-25-11-17-35(43)22-24-42-39(47)36(26-30-12-6-4-7-13-30)45(3)40(48)37(44(2)38(46)29-49-28-34-16-10-23-41-34)27-31-18-20-33(21-19-31)32-14-8-5-9-15-32/h4-9,12-15,18-21,34-37,41H,10-11,16-17,22-29H2,1-3H3,(H,42,47). The van der Waals surface area contributed by atoms with Gasteiger partial charge in [-0.3, -0.25) is 14.4 Å². The Morgan fingerprint density at radius 3 is 2.14 bits per heavy atom. The second-order valence-corrected chi connectivity index (χ2v) is 13.6. The minimum absolute atomic E-state index is 0.112. The summed E-state index contributed by atoms with van der Waals surface area (Å²) in [6.45, 7) is 2.93. The van der Waals surface area contributed by atoms with E-state index in [0.717, 1.165) is 61.0 Å². The number of likely N-dealkylation sites (N-methyl/N-ethyl adjacent to an activating group) is 2. The zero-order valence-electron chi connectivity index (χ0n) is 29.4. The van der Waals surface area contributed by atoms with E-state index >= 15 is 0 Å². The van der Waals surface area contributed by atoms with E-state index in [-0.39, 0.29) is 30.4 Å². The van der Waals surface area contributed by atoms with Crippen LogP contribution in [0.5, 0.6) is 0 Å².